The van der Waals surface area contributed by atoms with Gasteiger partial charge in [-0.05, 0) is 123 Å². The number of unbranched alkanes of at least 4 members (excludes halogenated alkanes) is 2. The SMILES string of the molecule is CCCCCC1CCC(/C=C/C2CCC(CCc3cc4c(c(F)c3F)-c3c(cc(CCC)c(F)c3F)C4)CC2)CC1. The maximum atomic E-state index is 15.3. The van der Waals surface area contributed by atoms with Gasteiger partial charge in [0.05, 0.1) is 0 Å². The predicted molar refractivity (Wildman–Crippen MR) is 161 cm³/mol. The van der Waals surface area contributed by atoms with E-state index in [2.05, 4.69) is 19.1 Å². The molecule has 0 aromatic heterocycles. The van der Waals surface area contributed by atoms with Crippen LogP contribution in [0.5, 0.6) is 0 Å². The zero-order chi connectivity index (χ0) is 28.9. The zero-order valence-electron chi connectivity index (χ0n) is 25.2. The highest BCUT2D eigenvalue weighted by atomic mass is 19.2. The number of benzene rings is 2. The van der Waals surface area contributed by atoms with Gasteiger partial charge in [-0.15, -0.1) is 0 Å². The average Bonchev–Trinajstić information content (AvgIpc) is 3.35. The van der Waals surface area contributed by atoms with E-state index in [0.717, 1.165) is 31.1 Å². The van der Waals surface area contributed by atoms with Gasteiger partial charge in [0.25, 0.3) is 0 Å². The van der Waals surface area contributed by atoms with Crippen LogP contribution >= 0.6 is 0 Å². The molecule has 41 heavy (non-hydrogen) atoms. The van der Waals surface area contributed by atoms with Gasteiger partial charge in [0.1, 0.15) is 0 Å². The minimum Gasteiger partial charge on any atom is -0.203 e. The minimum atomic E-state index is -1.04. The van der Waals surface area contributed by atoms with Gasteiger partial charge in [-0.2, -0.15) is 0 Å². The van der Waals surface area contributed by atoms with Crippen molar-refractivity contribution in [2.75, 3.05) is 0 Å². The second-order valence-corrected chi connectivity index (χ2v) is 13.3. The van der Waals surface area contributed by atoms with Crippen molar-refractivity contribution in [3.63, 3.8) is 0 Å². The molecule has 0 saturated heterocycles. The Morgan fingerprint density at radius 1 is 0.585 bits per heavy atom. The molecule has 0 spiro atoms. The summed E-state index contributed by atoms with van der Waals surface area (Å²) < 4.78 is 60.0. The molecule has 0 nitrogen and oxygen atoms in total. The lowest BCUT2D eigenvalue weighted by Gasteiger charge is -2.29. The monoisotopic (exact) mass is 568 g/mol. The van der Waals surface area contributed by atoms with Gasteiger partial charge in [0, 0.05) is 11.1 Å². The first-order valence-electron chi connectivity index (χ1n) is 16.6. The van der Waals surface area contributed by atoms with Crippen molar-refractivity contribution < 1.29 is 17.6 Å². The van der Waals surface area contributed by atoms with Crippen molar-refractivity contribution in [2.24, 2.45) is 23.7 Å². The Balaban J connectivity index is 1.12. The smallest absolute Gasteiger partial charge is 0.167 e. The second kappa shape index (κ2) is 13.9. The number of halogens is 4. The van der Waals surface area contributed by atoms with E-state index in [1.54, 1.807) is 12.1 Å². The van der Waals surface area contributed by atoms with Crippen LogP contribution in [-0.2, 0) is 19.3 Å². The van der Waals surface area contributed by atoms with Crippen LogP contribution in [0.1, 0.15) is 126 Å². The molecule has 2 aromatic rings. The molecule has 0 amide bonds. The molecule has 2 saturated carbocycles. The molecule has 0 radical (unpaired) electrons. The highest BCUT2D eigenvalue weighted by molar-refractivity contribution is 5.79. The second-order valence-electron chi connectivity index (χ2n) is 13.3. The highest BCUT2D eigenvalue weighted by Crippen LogP contribution is 2.44. The van der Waals surface area contributed by atoms with Crippen LogP contribution in [0.25, 0.3) is 11.1 Å². The third-order valence-electron chi connectivity index (χ3n) is 10.4. The van der Waals surface area contributed by atoms with E-state index in [4.69, 9.17) is 0 Å². The molecule has 0 heterocycles. The van der Waals surface area contributed by atoms with Gasteiger partial charge >= 0.3 is 0 Å². The Hall–Kier alpha value is -2.10. The topological polar surface area (TPSA) is 0 Å². The number of hydrogen-bond acceptors (Lipinski definition) is 0. The Morgan fingerprint density at radius 2 is 1.07 bits per heavy atom. The van der Waals surface area contributed by atoms with Crippen LogP contribution in [0.2, 0.25) is 0 Å². The number of allylic oxidation sites excluding steroid dienone is 2. The summed E-state index contributed by atoms with van der Waals surface area (Å²) in [5, 5.41) is 0. The minimum absolute atomic E-state index is 0.0852. The molecule has 5 rings (SSSR count). The van der Waals surface area contributed by atoms with E-state index < -0.39 is 23.3 Å². The average molecular weight is 569 g/mol. The quantitative estimate of drug-likeness (QED) is 0.123. The van der Waals surface area contributed by atoms with Crippen LogP contribution in [0.3, 0.4) is 0 Å². The van der Waals surface area contributed by atoms with Gasteiger partial charge < -0.3 is 0 Å². The Kier molecular flexibility index (Phi) is 10.3. The molecule has 4 heteroatoms. The first-order valence-corrected chi connectivity index (χ1v) is 16.6. The lowest BCUT2D eigenvalue weighted by atomic mass is 9.77. The Bertz CT molecular complexity index is 1210. The standard InChI is InChI=1S/C37H48F4/c1-3-5-6-8-24-9-11-25(12-10-24)13-14-26-15-17-27(18-16-26)19-20-29-22-31-23-30-21-28(7-4-2)34(38)36(40)32(30)33(31)37(41)35(29)39/h13-14,21-22,24-27H,3-12,15-20,23H2,1-2H3/b14-13+. The summed E-state index contributed by atoms with van der Waals surface area (Å²) in [6.07, 6.45) is 23.3. The van der Waals surface area contributed by atoms with Crippen molar-refractivity contribution in [3.8, 4) is 11.1 Å². The van der Waals surface area contributed by atoms with Crippen molar-refractivity contribution in [3.05, 3.63) is 69.8 Å². The normalized spacial score (nSPS) is 24.1. The van der Waals surface area contributed by atoms with Crippen LogP contribution in [0, 0.1) is 46.9 Å². The lowest BCUT2D eigenvalue weighted by molar-refractivity contribution is 0.282. The van der Waals surface area contributed by atoms with E-state index in [9.17, 15) is 8.78 Å². The summed E-state index contributed by atoms with van der Waals surface area (Å²) >= 11 is 0. The molecule has 3 aliphatic rings. The van der Waals surface area contributed by atoms with Gasteiger partial charge in [0.2, 0.25) is 0 Å². The molecule has 0 bridgehead atoms. The van der Waals surface area contributed by atoms with E-state index in [-0.39, 0.29) is 11.1 Å². The summed E-state index contributed by atoms with van der Waals surface area (Å²) in [4.78, 5) is 0. The first-order chi connectivity index (χ1) is 19.9. The molecule has 2 fully saturated rings. The summed E-state index contributed by atoms with van der Waals surface area (Å²) in [7, 11) is 0. The van der Waals surface area contributed by atoms with Gasteiger partial charge in [-0.25, -0.2) is 17.6 Å². The lowest BCUT2D eigenvalue weighted by Crippen LogP contribution is -2.16. The zero-order valence-corrected chi connectivity index (χ0v) is 25.2. The Morgan fingerprint density at radius 3 is 1.56 bits per heavy atom. The summed E-state index contributed by atoms with van der Waals surface area (Å²) in [6.45, 7) is 4.19. The maximum absolute atomic E-state index is 15.3. The summed E-state index contributed by atoms with van der Waals surface area (Å²) in [5.74, 6) is -1.03. The predicted octanol–water partition coefficient (Wildman–Crippen LogP) is 11.4. The number of hydrogen-bond donors (Lipinski definition) is 0. The third kappa shape index (κ3) is 6.94. The van der Waals surface area contributed by atoms with Crippen molar-refractivity contribution in [1.29, 1.82) is 0 Å². The number of fused-ring (bicyclic) bond motifs is 3. The largest absolute Gasteiger partial charge is 0.203 e. The maximum Gasteiger partial charge on any atom is 0.167 e. The highest BCUT2D eigenvalue weighted by Gasteiger charge is 2.32. The molecule has 224 valence electrons. The fraction of sp³-hybridized carbons (Fsp3) is 0.622. The molecule has 0 N–H and O–H groups in total. The number of aryl methyl sites for hydroxylation is 2. The van der Waals surface area contributed by atoms with Crippen LogP contribution < -0.4 is 0 Å². The molecule has 0 atom stereocenters. The number of rotatable bonds is 11. The molecular weight excluding hydrogens is 520 g/mol. The molecule has 3 aliphatic carbocycles. The van der Waals surface area contributed by atoms with Crippen molar-refractivity contribution in [2.45, 2.75) is 123 Å². The van der Waals surface area contributed by atoms with E-state index in [0.29, 0.717) is 59.8 Å². The van der Waals surface area contributed by atoms with E-state index >= 15 is 8.78 Å². The molecule has 0 unspecified atom stereocenters. The first kappa shape index (κ1) is 30.4. The summed E-state index contributed by atoms with van der Waals surface area (Å²) in [6, 6.07) is 3.35. The third-order valence-corrected chi connectivity index (χ3v) is 10.4. The van der Waals surface area contributed by atoms with Crippen LogP contribution in [0.15, 0.2) is 24.3 Å². The Labute approximate surface area is 245 Å². The summed E-state index contributed by atoms with van der Waals surface area (Å²) in [5.41, 5.74) is 1.64. The van der Waals surface area contributed by atoms with Crippen LogP contribution in [-0.4, -0.2) is 0 Å². The fourth-order valence-electron chi connectivity index (χ4n) is 7.83. The molecule has 2 aromatic carbocycles. The van der Waals surface area contributed by atoms with E-state index in [1.165, 1.54) is 64.2 Å². The molecule has 0 aliphatic heterocycles. The van der Waals surface area contributed by atoms with Gasteiger partial charge in [-0.1, -0.05) is 70.2 Å². The van der Waals surface area contributed by atoms with Crippen molar-refractivity contribution >= 4 is 0 Å². The van der Waals surface area contributed by atoms with Crippen molar-refractivity contribution in [1.82, 2.24) is 0 Å². The van der Waals surface area contributed by atoms with Gasteiger partial charge in [-0.3, -0.25) is 0 Å². The van der Waals surface area contributed by atoms with Gasteiger partial charge in [0.15, 0.2) is 23.3 Å². The van der Waals surface area contributed by atoms with Crippen LogP contribution in [0.4, 0.5) is 17.6 Å². The van der Waals surface area contributed by atoms with E-state index in [1.807, 2.05) is 6.92 Å². The molecular formula is C37H48F4. The fourth-order valence-corrected chi connectivity index (χ4v) is 7.83.